The lowest BCUT2D eigenvalue weighted by molar-refractivity contribution is 0.686. The highest BCUT2D eigenvalue weighted by Crippen LogP contribution is 2.34. The quantitative estimate of drug-likeness (QED) is 0.570. The van der Waals surface area contributed by atoms with E-state index in [9.17, 15) is 0 Å². The fourth-order valence-electron chi connectivity index (χ4n) is 3.64. The third-order valence-electron chi connectivity index (χ3n) is 4.82. The highest BCUT2D eigenvalue weighted by atomic mass is 35.5. The number of alkyl halides is 1. The van der Waals surface area contributed by atoms with Crippen LogP contribution < -0.4 is 0 Å². The molecule has 0 spiro atoms. The van der Waals surface area contributed by atoms with Crippen molar-refractivity contribution in [2.75, 3.05) is 0 Å². The Hall–Kier alpha value is -1.80. The van der Waals surface area contributed by atoms with Crippen LogP contribution in [0.25, 0.3) is 16.9 Å². The third kappa shape index (κ3) is 2.55. The van der Waals surface area contributed by atoms with Gasteiger partial charge in [0.25, 0.3) is 0 Å². The van der Waals surface area contributed by atoms with E-state index in [-0.39, 0.29) is 5.38 Å². The molecule has 0 N–H and O–H groups in total. The van der Waals surface area contributed by atoms with E-state index < -0.39 is 0 Å². The normalized spacial score (nSPS) is 15.6. The first kappa shape index (κ1) is 14.8. The molecule has 2 heterocycles. The number of rotatable bonds is 2. The number of pyridine rings is 1. The van der Waals surface area contributed by atoms with Crippen LogP contribution in [-0.4, -0.2) is 9.38 Å². The van der Waals surface area contributed by atoms with Crippen molar-refractivity contribution >= 4 is 17.2 Å². The summed E-state index contributed by atoms with van der Waals surface area (Å²) in [5, 5.41) is -0.0845. The zero-order valence-electron chi connectivity index (χ0n) is 13.6. The van der Waals surface area contributed by atoms with Gasteiger partial charge in [-0.3, -0.25) is 0 Å². The molecule has 0 amide bonds. The van der Waals surface area contributed by atoms with Gasteiger partial charge in [0.05, 0.1) is 16.8 Å². The Morgan fingerprint density at radius 1 is 1.09 bits per heavy atom. The molecule has 0 aliphatic heterocycles. The predicted octanol–water partition coefficient (Wildman–Crippen LogP) is 5.49. The lowest BCUT2D eigenvalue weighted by atomic mass is 9.89. The predicted molar refractivity (Wildman–Crippen MR) is 96.3 cm³/mol. The summed E-state index contributed by atoms with van der Waals surface area (Å²) in [5.41, 5.74) is 8.46. The lowest BCUT2D eigenvalue weighted by Gasteiger charge is -2.16. The third-order valence-corrected chi connectivity index (χ3v) is 5.02. The van der Waals surface area contributed by atoms with Crippen LogP contribution in [0.5, 0.6) is 0 Å². The van der Waals surface area contributed by atoms with Crippen LogP contribution in [0.4, 0.5) is 0 Å². The molecule has 3 aromatic rings. The Balaban J connectivity index is 1.92. The standard InChI is InChI=1S/C20H21ClN2/c1-13-9-10-23-18(11-13)22-19(20(23)14(2)21)17-8-7-15-5-3-4-6-16(15)12-17/h7-12,14H,3-6H2,1-2H3. The summed E-state index contributed by atoms with van der Waals surface area (Å²) in [7, 11) is 0. The fraction of sp³-hybridized carbons (Fsp3) is 0.350. The number of benzene rings is 1. The van der Waals surface area contributed by atoms with Gasteiger partial charge >= 0.3 is 0 Å². The molecule has 1 unspecified atom stereocenters. The van der Waals surface area contributed by atoms with Gasteiger partial charge in [0, 0.05) is 11.8 Å². The van der Waals surface area contributed by atoms with Crippen LogP contribution in [0.2, 0.25) is 0 Å². The fourth-order valence-corrected chi connectivity index (χ4v) is 3.85. The molecule has 1 aromatic carbocycles. The molecule has 118 valence electrons. The number of fused-ring (bicyclic) bond motifs is 2. The Kier molecular flexibility index (Phi) is 3.65. The minimum absolute atomic E-state index is 0.0845. The van der Waals surface area contributed by atoms with Crippen molar-refractivity contribution < 1.29 is 0 Å². The van der Waals surface area contributed by atoms with E-state index in [1.807, 2.05) is 6.92 Å². The molecule has 0 saturated heterocycles. The molecule has 0 saturated carbocycles. The number of aryl methyl sites for hydroxylation is 3. The minimum atomic E-state index is -0.0845. The minimum Gasteiger partial charge on any atom is -0.302 e. The summed E-state index contributed by atoms with van der Waals surface area (Å²) in [5.74, 6) is 0. The summed E-state index contributed by atoms with van der Waals surface area (Å²) < 4.78 is 2.12. The van der Waals surface area contributed by atoms with Gasteiger partial charge in [-0.1, -0.05) is 12.1 Å². The van der Waals surface area contributed by atoms with Gasteiger partial charge in [0.15, 0.2) is 0 Å². The smallest absolute Gasteiger partial charge is 0.137 e. The summed E-state index contributed by atoms with van der Waals surface area (Å²) >= 11 is 6.50. The number of aromatic nitrogens is 2. The molecule has 0 bridgehead atoms. The van der Waals surface area contributed by atoms with Crippen molar-refractivity contribution in [3.8, 4) is 11.3 Å². The van der Waals surface area contributed by atoms with Gasteiger partial charge in [0.2, 0.25) is 0 Å². The summed E-state index contributed by atoms with van der Waals surface area (Å²) in [6.07, 6.45) is 7.07. The van der Waals surface area contributed by atoms with E-state index in [1.165, 1.54) is 47.9 Å². The average molecular weight is 325 g/mol. The van der Waals surface area contributed by atoms with E-state index in [0.717, 1.165) is 17.0 Å². The second-order valence-corrected chi connectivity index (χ2v) is 7.24. The van der Waals surface area contributed by atoms with Gasteiger partial charge in [-0.15, -0.1) is 11.6 Å². The van der Waals surface area contributed by atoms with Crippen LogP contribution in [0, 0.1) is 6.92 Å². The Morgan fingerprint density at radius 3 is 2.65 bits per heavy atom. The molecule has 1 atom stereocenters. The topological polar surface area (TPSA) is 17.3 Å². The first-order chi connectivity index (χ1) is 11.1. The maximum Gasteiger partial charge on any atom is 0.137 e. The van der Waals surface area contributed by atoms with E-state index in [1.54, 1.807) is 0 Å². The van der Waals surface area contributed by atoms with E-state index in [0.29, 0.717) is 0 Å². The molecule has 2 aromatic heterocycles. The first-order valence-corrected chi connectivity index (χ1v) is 8.82. The van der Waals surface area contributed by atoms with Crippen molar-refractivity contribution in [2.24, 2.45) is 0 Å². The van der Waals surface area contributed by atoms with Crippen LogP contribution in [0.1, 0.15) is 47.5 Å². The first-order valence-electron chi connectivity index (χ1n) is 8.38. The highest BCUT2D eigenvalue weighted by molar-refractivity contribution is 6.20. The zero-order valence-corrected chi connectivity index (χ0v) is 14.4. The van der Waals surface area contributed by atoms with Gasteiger partial charge in [-0.2, -0.15) is 0 Å². The zero-order chi connectivity index (χ0) is 16.0. The number of hydrogen-bond donors (Lipinski definition) is 0. The van der Waals surface area contributed by atoms with Gasteiger partial charge in [-0.25, -0.2) is 4.98 Å². The lowest BCUT2D eigenvalue weighted by Crippen LogP contribution is -2.03. The molecular weight excluding hydrogens is 304 g/mol. The molecule has 4 rings (SSSR count). The largest absolute Gasteiger partial charge is 0.302 e. The van der Waals surface area contributed by atoms with Crippen molar-refractivity contribution in [3.63, 3.8) is 0 Å². The van der Waals surface area contributed by atoms with Crippen LogP contribution in [0.15, 0.2) is 36.5 Å². The SMILES string of the molecule is Cc1ccn2c(C(C)Cl)c(-c3ccc4c(c3)CCCC4)nc2c1. The summed E-state index contributed by atoms with van der Waals surface area (Å²) in [4.78, 5) is 4.89. The number of hydrogen-bond acceptors (Lipinski definition) is 1. The van der Waals surface area contributed by atoms with Gasteiger partial charge in [0.1, 0.15) is 5.65 Å². The van der Waals surface area contributed by atoms with Gasteiger partial charge < -0.3 is 4.40 Å². The molecule has 23 heavy (non-hydrogen) atoms. The molecular formula is C20H21ClN2. The van der Waals surface area contributed by atoms with E-state index in [4.69, 9.17) is 16.6 Å². The summed E-state index contributed by atoms with van der Waals surface area (Å²) in [6.45, 7) is 4.11. The molecule has 3 heteroatoms. The Labute approximate surface area is 142 Å². The number of imidazole rings is 1. The Morgan fingerprint density at radius 2 is 1.87 bits per heavy atom. The van der Waals surface area contributed by atoms with Gasteiger partial charge in [-0.05, 0) is 74.4 Å². The van der Waals surface area contributed by atoms with Crippen LogP contribution in [-0.2, 0) is 12.8 Å². The van der Waals surface area contributed by atoms with Crippen LogP contribution in [0.3, 0.4) is 0 Å². The molecule has 0 radical (unpaired) electrons. The maximum atomic E-state index is 6.50. The average Bonchev–Trinajstić information content (AvgIpc) is 2.93. The molecule has 1 aliphatic carbocycles. The number of nitrogens with zero attached hydrogens (tertiary/aromatic N) is 2. The van der Waals surface area contributed by atoms with Crippen molar-refractivity contribution in [3.05, 3.63) is 58.9 Å². The summed E-state index contributed by atoms with van der Waals surface area (Å²) in [6, 6.07) is 11.0. The monoisotopic (exact) mass is 324 g/mol. The van der Waals surface area contributed by atoms with E-state index >= 15 is 0 Å². The second-order valence-electron chi connectivity index (χ2n) is 6.58. The maximum absolute atomic E-state index is 6.50. The second kappa shape index (κ2) is 5.68. The van der Waals surface area contributed by atoms with Crippen molar-refractivity contribution in [1.29, 1.82) is 0 Å². The number of halogens is 1. The molecule has 0 fully saturated rings. The van der Waals surface area contributed by atoms with Crippen LogP contribution >= 0.6 is 11.6 Å². The van der Waals surface area contributed by atoms with Crippen molar-refractivity contribution in [1.82, 2.24) is 9.38 Å². The molecule has 2 nitrogen and oxygen atoms in total. The Bertz CT molecular complexity index is 877. The van der Waals surface area contributed by atoms with Crippen molar-refractivity contribution in [2.45, 2.75) is 44.9 Å². The molecule has 1 aliphatic rings. The van der Waals surface area contributed by atoms with E-state index in [2.05, 4.69) is 47.9 Å². The highest BCUT2D eigenvalue weighted by Gasteiger charge is 2.19.